The summed E-state index contributed by atoms with van der Waals surface area (Å²) < 4.78 is 16.5. The second kappa shape index (κ2) is 7.11. The first-order chi connectivity index (χ1) is 10.3. The van der Waals surface area contributed by atoms with Crippen molar-refractivity contribution in [2.24, 2.45) is 0 Å². The third kappa shape index (κ3) is 4.09. The molecule has 0 aromatic heterocycles. The Kier molecular flexibility index (Phi) is 4.95. The van der Waals surface area contributed by atoms with Crippen molar-refractivity contribution in [2.45, 2.75) is 19.5 Å². The van der Waals surface area contributed by atoms with Gasteiger partial charge in [-0.05, 0) is 24.6 Å². The highest BCUT2D eigenvalue weighted by molar-refractivity contribution is 5.43. The number of fused-ring (bicyclic) bond motifs is 1. The van der Waals surface area contributed by atoms with Crippen LogP contribution in [0.1, 0.15) is 12.5 Å². The number of benzene rings is 1. The first kappa shape index (κ1) is 14.6. The van der Waals surface area contributed by atoms with Crippen molar-refractivity contribution in [1.82, 2.24) is 10.2 Å². The van der Waals surface area contributed by atoms with E-state index in [1.807, 2.05) is 6.07 Å². The fraction of sp³-hybridized carbons (Fsp3) is 0.625. The maximum Gasteiger partial charge on any atom is 0.161 e. The molecule has 0 bridgehead atoms. The molecule has 0 aliphatic carbocycles. The van der Waals surface area contributed by atoms with Crippen LogP contribution in [-0.2, 0) is 11.3 Å². The van der Waals surface area contributed by atoms with Gasteiger partial charge in [-0.25, -0.2) is 0 Å². The van der Waals surface area contributed by atoms with Gasteiger partial charge in [0.15, 0.2) is 11.5 Å². The molecule has 21 heavy (non-hydrogen) atoms. The summed E-state index contributed by atoms with van der Waals surface area (Å²) in [5.41, 5.74) is 1.23. The zero-order valence-corrected chi connectivity index (χ0v) is 12.6. The van der Waals surface area contributed by atoms with Gasteiger partial charge in [0.1, 0.15) is 13.2 Å². The summed E-state index contributed by atoms with van der Waals surface area (Å²) in [4.78, 5) is 2.45. The Morgan fingerprint density at radius 3 is 2.67 bits per heavy atom. The van der Waals surface area contributed by atoms with Crippen LogP contribution in [0.25, 0.3) is 0 Å². The maximum absolute atomic E-state index is 5.62. The summed E-state index contributed by atoms with van der Waals surface area (Å²) in [6.45, 7) is 9.21. The van der Waals surface area contributed by atoms with Crippen LogP contribution in [0.3, 0.4) is 0 Å². The largest absolute Gasteiger partial charge is 0.486 e. The van der Waals surface area contributed by atoms with E-state index < -0.39 is 0 Å². The van der Waals surface area contributed by atoms with E-state index in [0.717, 1.165) is 50.9 Å². The van der Waals surface area contributed by atoms with Crippen LogP contribution in [0.4, 0.5) is 0 Å². The number of hydrogen-bond acceptors (Lipinski definition) is 5. The molecule has 1 atom stereocenters. The lowest BCUT2D eigenvalue weighted by molar-refractivity contribution is 0.0343. The van der Waals surface area contributed by atoms with Crippen LogP contribution < -0.4 is 14.8 Å². The average molecular weight is 292 g/mol. The van der Waals surface area contributed by atoms with E-state index in [4.69, 9.17) is 14.2 Å². The number of rotatable bonds is 5. The van der Waals surface area contributed by atoms with E-state index in [9.17, 15) is 0 Å². The first-order valence-corrected chi connectivity index (χ1v) is 7.73. The number of nitrogens with one attached hydrogen (secondary N) is 1. The van der Waals surface area contributed by atoms with Crippen LogP contribution in [0.5, 0.6) is 11.5 Å². The van der Waals surface area contributed by atoms with Gasteiger partial charge in [-0.2, -0.15) is 0 Å². The van der Waals surface area contributed by atoms with Gasteiger partial charge >= 0.3 is 0 Å². The number of nitrogens with zero attached hydrogens (tertiary/aromatic N) is 1. The number of ether oxygens (including phenoxy) is 3. The van der Waals surface area contributed by atoms with Gasteiger partial charge in [-0.15, -0.1) is 0 Å². The normalized spacial score (nSPS) is 20.2. The minimum atomic E-state index is 0.455. The predicted molar refractivity (Wildman–Crippen MR) is 81.0 cm³/mol. The molecule has 1 unspecified atom stereocenters. The summed E-state index contributed by atoms with van der Waals surface area (Å²) in [6.07, 6.45) is 0. The zero-order valence-electron chi connectivity index (χ0n) is 12.6. The van der Waals surface area contributed by atoms with Crippen molar-refractivity contribution in [3.63, 3.8) is 0 Å². The molecule has 1 N–H and O–H groups in total. The minimum absolute atomic E-state index is 0.455. The van der Waals surface area contributed by atoms with Gasteiger partial charge in [0.05, 0.1) is 13.2 Å². The summed E-state index contributed by atoms with van der Waals surface area (Å²) in [6, 6.07) is 6.62. The van der Waals surface area contributed by atoms with Crippen molar-refractivity contribution < 1.29 is 14.2 Å². The molecule has 1 aromatic carbocycles. The third-order valence-electron chi connectivity index (χ3n) is 3.90. The summed E-state index contributed by atoms with van der Waals surface area (Å²) >= 11 is 0. The van der Waals surface area contributed by atoms with Gasteiger partial charge in [-0.3, -0.25) is 4.90 Å². The predicted octanol–water partition coefficient (Wildman–Crippen LogP) is 1.27. The van der Waals surface area contributed by atoms with Crippen molar-refractivity contribution in [3.8, 4) is 11.5 Å². The van der Waals surface area contributed by atoms with E-state index >= 15 is 0 Å². The molecular formula is C16H24N2O3. The topological polar surface area (TPSA) is 43.0 Å². The van der Waals surface area contributed by atoms with Crippen molar-refractivity contribution in [1.29, 1.82) is 0 Å². The zero-order chi connectivity index (χ0) is 14.5. The molecule has 5 heteroatoms. The number of morpholine rings is 1. The fourth-order valence-electron chi connectivity index (χ4n) is 2.73. The van der Waals surface area contributed by atoms with E-state index in [-0.39, 0.29) is 0 Å². The molecule has 0 amide bonds. The second-order valence-corrected chi connectivity index (χ2v) is 5.67. The molecule has 0 saturated carbocycles. The standard InChI is InChI=1S/C16H24N2O3/c1-13(12-18-4-6-19-7-5-18)17-11-14-2-3-15-16(10-14)21-9-8-20-15/h2-3,10,13,17H,4-9,11-12H2,1H3. The van der Waals surface area contributed by atoms with Gasteiger partial charge in [0, 0.05) is 32.2 Å². The Morgan fingerprint density at radius 2 is 1.86 bits per heavy atom. The van der Waals surface area contributed by atoms with E-state index in [2.05, 4.69) is 29.3 Å². The van der Waals surface area contributed by atoms with E-state index in [1.54, 1.807) is 0 Å². The van der Waals surface area contributed by atoms with Gasteiger partial charge < -0.3 is 19.5 Å². The highest BCUT2D eigenvalue weighted by Gasteiger charge is 2.14. The fourth-order valence-corrected chi connectivity index (χ4v) is 2.73. The summed E-state index contributed by atoms with van der Waals surface area (Å²) in [7, 11) is 0. The van der Waals surface area contributed by atoms with Crippen molar-refractivity contribution >= 4 is 0 Å². The molecule has 2 aliphatic heterocycles. The molecule has 0 radical (unpaired) electrons. The van der Waals surface area contributed by atoms with Crippen LogP contribution in [0.15, 0.2) is 18.2 Å². The lowest BCUT2D eigenvalue weighted by Gasteiger charge is -2.29. The lowest BCUT2D eigenvalue weighted by Crippen LogP contribution is -2.44. The number of hydrogen-bond donors (Lipinski definition) is 1. The molecule has 116 valence electrons. The van der Waals surface area contributed by atoms with E-state index in [0.29, 0.717) is 19.3 Å². The second-order valence-electron chi connectivity index (χ2n) is 5.67. The Hall–Kier alpha value is -1.30. The van der Waals surface area contributed by atoms with E-state index in [1.165, 1.54) is 5.56 Å². The molecule has 5 nitrogen and oxygen atoms in total. The van der Waals surface area contributed by atoms with Crippen LogP contribution >= 0.6 is 0 Å². The molecule has 1 fully saturated rings. The monoisotopic (exact) mass is 292 g/mol. The Balaban J connectivity index is 1.47. The minimum Gasteiger partial charge on any atom is -0.486 e. The molecule has 0 spiro atoms. The Labute approximate surface area is 126 Å². The van der Waals surface area contributed by atoms with Gasteiger partial charge in [-0.1, -0.05) is 6.07 Å². The van der Waals surface area contributed by atoms with Crippen LogP contribution in [0.2, 0.25) is 0 Å². The molecule has 3 rings (SSSR count). The SMILES string of the molecule is CC(CN1CCOCC1)NCc1ccc2c(c1)OCCO2. The smallest absolute Gasteiger partial charge is 0.161 e. The van der Waals surface area contributed by atoms with Gasteiger partial charge in [0.2, 0.25) is 0 Å². The molecule has 2 heterocycles. The molecule has 1 aromatic rings. The average Bonchev–Trinajstić information content (AvgIpc) is 2.54. The van der Waals surface area contributed by atoms with Crippen LogP contribution in [-0.4, -0.2) is 57.0 Å². The third-order valence-corrected chi connectivity index (χ3v) is 3.90. The molecular weight excluding hydrogens is 268 g/mol. The summed E-state index contributed by atoms with van der Waals surface area (Å²) in [5.74, 6) is 1.72. The quantitative estimate of drug-likeness (QED) is 0.885. The summed E-state index contributed by atoms with van der Waals surface area (Å²) in [5, 5.41) is 3.57. The first-order valence-electron chi connectivity index (χ1n) is 7.73. The Morgan fingerprint density at radius 1 is 1.10 bits per heavy atom. The van der Waals surface area contributed by atoms with Gasteiger partial charge in [0.25, 0.3) is 0 Å². The van der Waals surface area contributed by atoms with Crippen LogP contribution in [0, 0.1) is 0 Å². The molecule has 1 saturated heterocycles. The van der Waals surface area contributed by atoms with Crippen molar-refractivity contribution in [2.75, 3.05) is 46.1 Å². The highest BCUT2D eigenvalue weighted by Crippen LogP contribution is 2.30. The van der Waals surface area contributed by atoms with Crippen molar-refractivity contribution in [3.05, 3.63) is 23.8 Å². The maximum atomic E-state index is 5.62. The highest BCUT2D eigenvalue weighted by atomic mass is 16.6. The lowest BCUT2D eigenvalue weighted by atomic mass is 10.1. The Bertz CT molecular complexity index is 461. The molecule has 2 aliphatic rings.